The molecule has 2 rings (SSSR count). The zero-order valence-corrected chi connectivity index (χ0v) is 14.1. The van der Waals surface area contributed by atoms with Gasteiger partial charge in [0.2, 0.25) is 0 Å². The van der Waals surface area contributed by atoms with E-state index in [9.17, 15) is 4.79 Å². The summed E-state index contributed by atoms with van der Waals surface area (Å²) in [7, 11) is 0. The van der Waals surface area contributed by atoms with Crippen LogP contribution in [0.2, 0.25) is 0 Å². The third-order valence-electron chi connectivity index (χ3n) is 3.95. The van der Waals surface area contributed by atoms with Gasteiger partial charge in [-0.3, -0.25) is 4.79 Å². The maximum Gasteiger partial charge on any atom is 0.193 e. The molecule has 23 heavy (non-hydrogen) atoms. The zero-order chi connectivity index (χ0) is 16.5. The van der Waals surface area contributed by atoms with E-state index in [2.05, 4.69) is 13.8 Å². The number of unbranched alkanes of at least 4 members (excludes halogenated alkanes) is 1. The van der Waals surface area contributed by atoms with Gasteiger partial charge in [0, 0.05) is 11.1 Å². The summed E-state index contributed by atoms with van der Waals surface area (Å²) in [6, 6.07) is 16.9. The predicted molar refractivity (Wildman–Crippen MR) is 95.2 cm³/mol. The summed E-state index contributed by atoms with van der Waals surface area (Å²) in [5, 5.41) is 0. The second-order valence-corrected chi connectivity index (χ2v) is 5.89. The molecule has 0 amide bonds. The normalized spacial score (nSPS) is 11.9. The Morgan fingerprint density at radius 2 is 1.52 bits per heavy atom. The van der Waals surface area contributed by atoms with Crippen molar-refractivity contribution in [2.75, 3.05) is 0 Å². The van der Waals surface area contributed by atoms with Gasteiger partial charge >= 0.3 is 0 Å². The summed E-state index contributed by atoms with van der Waals surface area (Å²) in [5.41, 5.74) is 1.41. The Morgan fingerprint density at radius 3 is 2.13 bits per heavy atom. The Hall–Kier alpha value is -2.09. The fourth-order valence-electron chi connectivity index (χ4n) is 2.65. The number of carbonyl (C=O) groups excluding carboxylic acids is 1. The summed E-state index contributed by atoms with van der Waals surface area (Å²) >= 11 is 0. The van der Waals surface area contributed by atoms with Crippen molar-refractivity contribution in [3.05, 3.63) is 65.7 Å². The number of benzene rings is 2. The minimum absolute atomic E-state index is 0.0493. The van der Waals surface area contributed by atoms with Crippen molar-refractivity contribution < 1.29 is 9.53 Å². The van der Waals surface area contributed by atoms with Crippen LogP contribution in [0, 0.1) is 0 Å². The Balaban J connectivity index is 2.02. The van der Waals surface area contributed by atoms with Crippen LogP contribution in [0.3, 0.4) is 0 Å². The first-order valence-corrected chi connectivity index (χ1v) is 8.61. The van der Waals surface area contributed by atoms with Crippen LogP contribution >= 0.6 is 0 Å². The summed E-state index contributed by atoms with van der Waals surface area (Å²) < 4.78 is 6.09. The molecule has 0 saturated heterocycles. The molecule has 1 atom stereocenters. The van der Waals surface area contributed by atoms with Crippen LogP contribution in [0.4, 0.5) is 0 Å². The molecule has 0 spiro atoms. The van der Waals surface area contributed by atoms with Crippen LogP contribution < -0.4 is 4.74 Å². The molecule has 122 valence electrons. The van der Waals surface area contributed by atoms with Crippen molar-refractivity contribution in [1.82, 2.24) is 0 Å². The van der Waals surface area contributed by atoms with Crippen molar-refractivity contribution in [2.24, 2.45) is 0 Å². The molecule has 0 radical (unpaired) electrons. The average molecular weight is 310 g/mol. The molecule has 0 fully saturated rings. The van der Waals surface area contributed by atoms with Crippen LogP contribution in [0.25, 0.3) is 0 Å². The lowest BCUT2D eigenvalue weighted by Gasteiger charge is -2.18. The van der Waals surface area contributed by atoms with Crippen LogP contribution in [-0.4, -0.2) is 11.9 Å². The number of ketones is 1. The summed E-state index contributed by atoms with van der Waals surface area (Å²) in [6.07, 6.45) is 5.94. The van der Waals surface area contributed by atoms with Gasteiger partial charge in [-0.25, -0.2) is 0 Å². The highest BCUT2D eigenvalue weighted by atomic mass is 16.5. The highest BCUT2D eigenvalue weighted by Crippen LogP contribution is 2.20. The molecule has 0 aliphatic carbocycles. The maximum atomic E-state index is 12.4. The van der Waals surface area contributed by atoms with E-state index in [0.717, 1.165) is 25.0 Å². The van der Waals surface area contributed by atoms with Crippen LogP contribution in [0.5, 0.6) is 5.75 Å². The lowest BCUT2D eigenvalue weighted by atomic mass is 10.0. The second-order valence-electron chi connectivity index (χ2n) is 5.89. The molecule has 1 unspecified atom stereocenters. The first kappa shape index (κ1) is 17.3. The first-order chi connectivity index (χ1) is 11.2. The number of rotatable bonds is 9. The zero-order valence-electron chi connectivity index (χ0n) is 14.1. The van der Waals surface area contributed by atoms with Crippen molar-refractivity contribution in [2.45, 2.75) is 52.1 Å². The standard InChI is InChI=1S/C21H26O2/c1-3-5-12-19(9-4-2)23-20-15-13-18(14-16-20)21(22)17-10-7-6-8-11-17/h6-8,10-11,13-16,19H,3-5,9,12H2,1-2H3. The van der Waals surface area contributed by atoms with E-state index in [1.54, 1.807) is 0 Å². The molecule has 0 aliphatic heterocycles. The van der Waals surface area contributed by atoms with Gasteiger partial charge in [-0.15, -0.1) is 0 Å². The third kappa shape index (κ3) is 5.24. The monoisotopic (exact) mass is 310 g/mol. The molecule has 2 aromatic carbocycles. The van der Waals surface area contributed by atoms with Crippen LogP contribution in [0.1, 0.15) is 61.9 Å². The van der Waals surface area contributed by atoms with Crippen molar-refractivity contribution in [3.63, 3.8) is 0 Å². The van der Waals surface area contributed by atoms with E-state index >= 15 is 0 Å². The topological polar surface area (TPSA) is 26.3 Å². The largest absolute Gasteiger partial charge is 0.490 e. The maximum absolute atomic E-state index is 12.4. The van der Waals surface area contributed by atoms with Gasteiger partial charge in [0.25, 0.3) is 0 Å². The average Bonchev–Trinajstić information content (AvgIpc) is 2.60. The van der Waals surface area contributed by atoms with Gasteiger partial charge in [0.1, 0.15) is 5.75 Å². The fourth-order valence-corrected chi connectivity index (χ4v) is 2.65. The summed E-state index contributed by atoms with van der Waals surface area (Å²) in [6.45, 7) is 4.39. The number of carbonyl (C=O) groups is 1. The van der Waals surface area contributed by atoms with Crippen molar-refractivity contribution in [3.8, 4) is 5.75 Å². The van der Waals surface area contributed by atoms with Gasteiger partial charge in [-0.2, -0.15) is 0 Å². The molecular weight excluding hydrogens is 284 g/mol. The van der Waals surface area contributed by atoms with E-state index in [-0.39, 0.29) is 11.9 Å². The molecular formula is C21H26O2. The smallest absolute Gasteiger partial charge is 0.193 e. The minimum atomic E-state index is 0.0493. The van der Waals surface area contributed by atoms with Gasteiger partial charge in [-0.05, 0) is 37.1 Å². The number of hydrogen-bond acceptors (Lipinski definition) is 2. The van der Waals surface area contributed by atoms with E-state index in [0.29, 0.717) is 11.1 Å². The molecule has 0 aliphatic rings. The molecule has 2 nitrogen and oxygen atoms in total. The van der Waals surface area contributed by atoms with E-state index < -0.39 is 0 Å². The van der Waals surface area contributed by atoms with Gasteiger partial charge in [-0.1, -0.05) is 63.4 Å². The molecule has 2 heteroatoms. The molecule has 0 saturated carbocycles. The number of hydrogen-bond donors (Lipinski definition) is 0. The van der Waals surface area contributed by atoms with E-state index in [1.807, 2.05) is 54.6 Å². The lowest BCUT2D eigenvalue weighted by molar-refractivity contribution is 0.103. The SMILES string of the molecule is CCCCC(CCC)Oc1ccc(C(=O)c2ccccc2)cc1. The van der Waals surface area contributed by atoms with Crippen LogP contribution in [-0.2, 0) is 0 Å². The Bertz CT molecular complexity index is 587. The minimum Gasteiger partial charge on any atom is -0.490 e. The van der Waals surface area contributed by atoms with Crippen molar-refractivity contribution >= 4 is 5.78 Å². The fraction of sp³-hybridized carbons (Fsp3) is 0.381. The Morgan fingerprint density at radius 1 is 0.870 bits per heavy atom. The highest BCUT2D eigenvalue weighted by Gasteiger charge is 2.11. The Kier molecular flexibility index (Phi) is 6.86. The predicted octanol–water partition coefficient (Wildman–Crippen LogP) is 5.66. The second kappa shape index (κ2) is 9.14. The third-order valence-corrected chi connectivity index (χ3v) is 3.95. The number of ether oxygens (including phenoxy) is 1. The van der Waals surface area contributed by atoms with Gasteiger partial charge < -0.3 is 4.74 Å². The lowest BCUT2D eigenvalue weighted by Crippen LogP contribution is -2.16. The molecule has 0 aromatic heterocycles. The van der Waals surface area contributed by atoms with Crippen molar-refractivity contribution in [1.29, 1.82) is 0 Å². The first-order valence-electron chi connectivity index (χ1n) is 8.61. The molecule has 0 bridgehead atoms. The Labute approximate surface area is 139 Å². The van der Waals surface area contributed by atoms with E-state index in [4.69, 9.17) is 4.74 Å². The van der Waals surface area contributed by atoms with Crippen LogP contribution in [0.15, 0.2) is 54.6 Å². The molecule has 0 heterocycles. The van der Waals surface area contributed by atoms with Gasteiger partial charge in [0.05, 0.1) is 6.10 Å². The quantitative estimate of drug-likeness (QED) is 0.559. The highest BCUT2D eigenvalue weighted by molar-refractivity contribution is 6.08. The van der Waals surface area contributed by atoms with E-state index in [1.165, 1.54) is 12.8 Å². The summed E-state index contributed by atoms with van der Waals surface area (Å²) in [4.78, 5) is 12.4. The molecule has 0 N–H and O–H groups in total. The molecule has 2 aromatic rings. The summed E-state index contributed by atoms with van der Waals surface area (Å²) in [5.74, 6) is 0.900. The van der Waals surface area contributed by atoms with Gasteiger partial charge in [0.15, 0.2) is 5.78 Å².